The molecule has 5 nitrogen and oxygen atoms in total. The van der Waals surface area contributed by atoms with E-state index in [-0.39, 0.29) is 16.8 Å². The van der Waals surface area contributed by atoms with Gasteiger partial charge in [0.1, 0.15) is 5.75 Å². The number of ether oxygens (including phenoxy) is 1. The Balaban J connectivity index is 1.86. The number of carbonyl (C=O) groups excluding carboxylic acids is 1. The zero-order chi connectivity index (χ0) is 13.0. The topological polar surface area (TPSA) is 69.4 Å². The monoisotopic (exact) mass is 249 g/mol. The van der Waals surface area contributed by atoms with Gasteiger partial charge < -0.3 is 4.74 Å². The average Bonchev–Trinajstić information content (AvgIpc) is 2.40. The maximum absolute atomic E-state index is 11.9. The van der Waals surface area contributed by atoms with Crippen LogP contribution in [0.2, 0.25) is 0 Å². The van der Waals surface area contributed by atoms with Crippen LogP contribution < -0.4 is 4.74 Å². The van der Waals surface area contributed by atoms with Gasteiger partial charge in [0.25, 0.3) is 0 Å². The molecule has 0 bridgehead atoms. The lowest BCUT2D eigenvalue weighted by molar-refractivity contribution is -0.526. The van der Waals surface area contributed by atoms with Gasteiger partial charge in [-0.2, -0.15) is 0 Å². The second-order valence-corrected chi connectivity index (χ2v) is 4.52. The van der Waals surface area contributed by atoms with Crippen LogP contribution in [0.5, 0.6) is 5.75 Å². The van der Waals surface area contributed by atoms with E-state index in [0.717, 1.165) is 0 Å². The van der Waals surface area contributed by atoms with Crippen molar-refractivity contribution in [3.8, 4) is 5.75 Å². The van der Waals surface area contributed by atoms with Crippen molar-refractivity contribution in [2.24, 2.45) is 5.92 Å². The summed E-state index contributed by atoms with van der Waals surface area (Å²) in [4.78, 5) is 22.2. The Morgan fingerprint density at radius 1 is 1.17 bits per heavy atom. The molecule has 1 aromatic carbocycles. The molecule has 18 heavy (non-hydrogen) atoms. The standard InChI is InChI=1S/C13H15NO4/c15-13(18-12-4-2-1-3-5-12)10-6-8-11(9-7-10)14(16)17/h1-5,10-11H,6-9H2. The number of esters is 1. The molecule has 1 fully saturated rings. The minimum absolute atomic E-state index is 0.207. The van der Waals surface area contributed by atoms with Gasteiger partial charge in [-0.15, -0.1) is 0 Å². The van der Waals surface area contributed by atoms with Crippen LogP contribution in [0.1, 0.15) is 25.7 Å². The first-order valence-corrected chi connectivity index (χ1v) is 6.07. The maximum Gasteiger partial charge on any atom is 0.314 e. The number of carbonyl (C=O) groups is 1. The molecule has 1 aromatic rings. The molecule has 0 unspecified atom stereocenters. The minimum atomic E-state index is -0.495. The quantitative estimate of drug-likeness (QED) is 0.357. The van der Waals surface area contributed by atoms with Crippen LogP contribution in [0.3, 0.4) is 0 Å². The lowest BCUT2D eigenvalue weighted by Crippen LogP contribution is -2.31. The van der Waals surface area contributed by atoms with Crippen LogP contribution >= 0.6 is 0 Å². The van der Waals surface area contributed by atoms with E-state index in [1.54, 1.807) is 24.3 Å². The number of nitrogens with zero attached hydrogens (tertiary/aromatic N) is 1. The van der Waals surface area contributed by atoms with E-state index in [4.69, 9.17) is 4.74 Å². The summed E-state index contributed by atoms with van der Waals surface area (Å²) in [5, 5.41) is 10.6. The van der Waals surface area contributed by atoms with Gasteiger partial charge in [-0.3, -0.25) is 14.9 Å². The van der Waals surface area contributed by atoms with Crippen molar-refractivity contribution in [3.63, 3.8) is 0 Å². The highest BCUT2D eigenvalue weighted by molar-refractivity contribution is 5.75. The molecule has 2 rings (SSSR count). The summed E-state index contributed by atoms with van der Waals surface area (Å²) in [6.07, 6.45) is 2.00. The van der Waals surface area contributed by atoms with Crippen LogP contribution in [-0.4, -0.2) is 16.9 Å². The Morgan fingerprint density at radius 3 is 2.33 bits per heavy atom. The van der Waals surface area contributed by atoms with Crippen molar-refractivity contribution >= 4 is 5.97 Å². The van der Waals surface area contributed by atoms with Crippen molar-refractivity contribution in [1.82, 2.24) is 0 Å². The average molecular weight is 249 g/mol. The molecule has 0 N–H and O–H groups in total. The van der Waals surface area contributed by atoms with Crippen LogP contribution in [-0.2, 0) is 4.79 Å². The van der Waals surface area contributed by atoms with E-state index in [1.165, 1.54) is 0 Å². The largest absolute Gasteiger partial charge is 0.426 e. The summed E-state index contributed by atoms with van der Waals surface area (Å²) in [5.41, 5.74) is 0. The molecule has 1 aliphatic rings. The Kier molecular flexibility index (Phi) is 3.92. The Labute approximate surface area is 105 Å². The predicted octanol–water partition coefficient (Wildman–Crippen LogP) is 2.43. The fourth-order valence-corrected chi connectivity index (χ4v) is 2.21. The summed E-state index contributed by atoms with van der Waals surface area (Å²) >= 11 is 0. The highest BCUT2D eigenvalue weighted by Crippen LogP contribution is 2.27. The molecule has 96 valence electrons. The molecule has 1 saturated carbocycles. The normalized spacial score (nSPS) is 23.3. The number of hydrogen-bond acceptors (Lipinski definition) is 4. The highest BCUT2D eigenvalue weighted by Gasteiger charge is 2.32. The van der Waals surface area contributed by atoms with Crippen molar-refractivity contribution in [3.05, 3.63) is 40.4 Å². The molecule has 0 amide bonds. The maximum atomic E-state index is 11.9. The Hall–Kier alpha value is -1.91. The van der Waals surface area contributed by atoms with Gasteiger partial charge in [0.2, 0.25) is 6.04 Å². The predicted molar refractivity (Wildman–Crippen MR) is 64.8 cm³/mol. The van der Waals surface area contributed by atoms with E-state index in [2.05, 4.69) is 0 Å². The van der Waals surface area contributed by atoms with Gasteiger partial charge >= 0.3 is 5.97 Å². The molecule has 0 saturated heterocycles. The molecule has 0 heterocycles. The lowest BCUT2D eigenvalue weighted by atomic mass is 9.86. The third-order valence-electron chi connectivity index (χ3n) is 3.29. The fourth-order valence-electron chi connectivity index (χ4n) is 2.21. The molecule has 0 spiro atoms. The summed E-state index contributed by atoms with van der Waals surface area (Å²) in [6, 6.07) is 8.39. The number of rotatable bonds is 3. The van der Waals surface area contributed by atoms with Crippen LogP contribution in [0.4, 0.5) is 0 Å². The van der Waals surface area contributed by atoms with Crippen molar-refractivity contribution in [1.29, 1.82) is 0 Å². The van der Waals surface area contributed by atoms with Gasteiger partial charge in [-0.25, -0.2) is 0 Å². The number of hydrogen-bond donors (Lipinski definition) is 0. The fraction of sp³-hybridized carbons (Fsp3) is 0.462. The molecule has 0 aromatic heterocycles. The highest BCUT2D eigenvalue weighted by atomic mass is 16.6. The summed E-state index contributed by atoms with van der Waals surface area (Å²) in [6.45, 7) is 0. The Bertz CT molecular complexity index is 424. The molecule has 5 heteroatoms. The first kappa shape index (κ1) is 12.5. The zero-order valence-electron chi connectivity index (χ0n) is 9.95. The van der Waals surface area contributed by atoms with Crippen LogP contribution in [0.15, 0.2) is 30.3 Å². The number of para-hydroxylation sites is 1. The van der Waals surface area contributed by atoms with E-state index >= 15 is 0 Å². The smallest absolute Gasteiger partial charge is 0.314 e. The summed E-state index contributed by atoms with van der Waals surface area (Å²) in [7, 11) is 0. The second-order valence-electron chi connectivity index (χ2n) is 4.52. The zero-order valence-corrected chi connectivity index (χ0v) is 9.95. The van der Waals surface area contributed by atoms with E-state index in [1.807, 2.05) is 6.07 Å². The molecule has 0 atom stereocenters. The van der Waals surface area contributed by atoms with Gasteiger partial charge in [-0.05, 0) is 25.0 Å². The molecule has 1 aliphatic carbocycles. The molecule has 0 radical (unpaired) electrons. The SMILES string of the molecule is O=C(Oc1ccccc1)C1CCC([N+](=O)[O-])CC1. The molecular formula is C13H15NO4. The minimum Gasteiger partial charge on any atom is -0.426 e. The van der Waals surface area contributed by atoms with Gasteiger partial charge in [0, 0.05) is 17.8 Å². The van der Waals surface area contributed by atoms with Crippen LogP contribution in [0, 0.1) is 16.0 Å². The van der Waals surface area contributed by atoms with E-state index < -0.39 is 6.04 Å². The van der Waals surface area contributed by atoms with Crippen molar-refractivity contribution in [2.45, 2.75) is 31.7 Å². The lowest BCUT2D eigenvalue weighted by Gasteiger charge is -2.22. The Morgan fingerprint density at radius 2 is 1.78 bits per heavy atom. The second kappa shape index (κ2) is 5.62. The number of benzene rings is 1. The van der Waals surface area contributed by atoms with Crippen molar-refractivity contribution < 1.29 is 14.5 Å². The third-order valence-corrected chi connectivity index (χ3v) is 3.29. The molecular weight excluding hydrogens is 234 g/mol. The van der Waals surface area contributed by atoms with Gasteiger partial charge in [0.15, 0.2) is 0 Å². The van der Waals surface area contributed by atoms with Crippen molar-refractivity contribution in [2.75, 3.05) is 0 Å². The van der Waals surface area contributed by atoms with Gasteiger partial charge in [-0.1, -0.05) is 18.2 Å². The summed E-state index contributed by atoms with van der Waals surface area (Å²) in [5.74, 6) is 0.0447. The third kappa shape index (κ3) is 3.06. The molecule has 0 aliphatic heterocycles. The van der Waals surface area contributed by atoms with Gasteiger partial charge in [0.05, 0.1) is 5.92 Å². The summed E-state index contributed by atoms with van der Waals surface area (Å²) < 4.78 is 5.24. The van der Waals surface area contributed by atoms with E-state index in [9.17, 15) is 14.9 Å². The first-order chi connectivity index (χ1) is 8.66. The number of nitro groups is 1. The van der Waals surface area contributed by atoms with E-state index in [0.29, 0.717) is 31.4 Å². The van der Waals surface area contributed by atoms with Crippen LogP contribution in [0.25, 0.3) is 0 Å². The first-order valence-electron chi connectivity index (χ1n) is 6.07.